The summed E-state index contributed by atoms with van der Waals surface area (Å²) in [6.45, 7) is 4.45. The van der Waals surface area contributed by atoms with E-state index >= 15 is 0 Å². The molecule has 2 aromatic rings. The molecule has 1 heteroatoms. The average molecular weight is 214 g/mol. The predicted molar refractivity (Wildman–Crippen MR) is 66.9 cm³/mol. The molecule has 0 saturated heterocycles. The first-order chi connectivity index (χ1) is 7.75. The summed E-state index contributed by atoms with van der Waals surface area (Å²) in [4.78, 5) is 0. The maximum atomic E-state index is 5.68. The fourth-order valence-corrected chi connectivity index (χ4v) is 2.72. The van der Waals surface area contributed by atoms with Crippen LogP contribution in [-0.2, 0) is 12.8 Å². The molecule has 0 bridgehead atoms. The third-order valence-electron chi connectivity index (χ3n) is 3.69. The zero-order valence-corrected chi connectivity index (χ0v) is 10.0. The molecule has 1 nitrogen and oxygen atoms in total. The van der Waals surface area contributed by atoms with Gasteiger partial charge in [0.25, 0.3) is 0 Å². The van der Waals surface area contributed by atoms with E-state index in [1.807, 2.05) is 6.26 Å². The van der Waals surface area contributed by atoms with Gasteiger partial charge in [-0.1, -0.05) is 13.8 Å². The Morgan fingerprint density at radius 1 is 1.06 bits per heavy atom. The molecule has 1 aliphatic carbocycles. The van der Waals surface area contributed by atoms with Crippen molar-refractivity contribution in [1.29, 1.82) is 0 Å². The Labute approximate surface area is 96.5 Å². The summed E-state index contributed by atoms with van der Waals surface area (Å²) in [5, 5.41) is 1.33. The Kier molecular flexibility index (Phi) is 2.27. The van der Waals surface area contributed by atoms with Gasteiger partial charge in [0.1, 0.15) is 5.58 Å². The molecule has 16 heavy (non-hydrogen) atoms. The Morgan fingerprint density at radius 2 is 1.75 bits per heavy atom. The van der Waals surface area contributed by atoms with Crippen LogP contribution in [0.1, 0.15) is 49.3 Å². The van der Waals surface area contributed by atoms with E-state index in [0.29, 0.717) is 5.92 Å². The second kappa shape index (κ2) is 3.65. The zero-order chi connectivity index (χ0) is 11.1. The molecule has 1 aromatic carbocycles. The van der Waals surface area contributed by atoms with Gasteiger partial charge in [0.05, 0.1) is 6.26 Å². The third-order valence-corrected chi connectivity index (χ3v) is 3.69. The first-order valence-electron chi connectivity index (χ1n) is 6.28. The highest BCUT2D eigenvalue weighted by Crippen LogP contribution is 2.32. The van der Waals surface area contributed by atoms with Gasteiger partial charge in [0.15, 0.2) is 0 Å². The molecule has 0 fully saturated rings. The number of hydrogen-bond donors (Lipinski definition) is 0. The number of furan rings is 1. The van der Waals surface area contributed by atoms with Crippen LogP contribution in [0, 0.1) is 0 Å². The van der Waals surface area contributed by atoms with Gasteiger partial charge in [-0.15, -0.1) is 0 Å². The number of benzene rings is 1. The highest BCUT2D eigenvalue weighted by molar-refractivity contribution is 5.83. The monoisotopic (exact) mass is 214 g/mol. The maximum Gasteiger partial charge on any atom is 0.134 e. The molecule has 0 radical (unpaired) electrons. The van der Waals surface area contributed by atoms with Crippen LogP contribution >= 0.6 is 0 Å². The highest BCUT2D eigenvalue weighted by Gasteiger charge is 2.15. The summed E-state index contributed by atoms with van der Waals surface area (Å²) in [7, 11) is 0. The molecule has 0 atom stereocenters. The van der Waals surface area contributed by atoms with Crippen LogP contribution < -0.4 is 0 Å². The van der Waals surface area contributed by atoms with E-state index in [9.17, 15) is 0 Å². The van der Waals surface area contributed by atoms with Crippen molar-refractivity contribution >= 4 is 11.0 Å². The normalized spacial score (nSPS) is 15.7. The van der Waals surface area contributed by atoms with E-state index in [4.69, 9.17) is 4.42 Å². The zero-order valence-electron chi connectivity index (χ0n) is 10.0. The van der Waals surface area contributed by atoms with Crippen molar-refractivity contribution in [3.63, 3.8) is 0 Å². The van der Waals surface area contributed by atoms with E-state index in [0.717, 1.165) is 5.58 Å². The first kappa shape index (κ1) is 9.95. The van der Waals surface area contributed by atoms with Gasteiger partial charge in [0.2, 0.25) is 0 Å². The molecule has 0 unspecified atom stereocenters. The topological polar surface area (TPSA) is 13.1 Å². The smallest absolute Gasteiger partial charge is 0.134 e. The Bertz CT molecular complexity index is 519. The lowest BCUT2D eigenvalue weighted by atomic mass is 9.89. The SMILES string of the molecule is CC(C)c1coc2cc3c(cc12)CCCC3. The second-order valence-corrected chi connectivity index (χ2v) is 5.17. The molecule has 1 aliphatic rings. The van der Waals surface area contributed by atoms with Crippen molar-refractivity contribution in [2.75, 3.05) is 0 Å². The largest absolute Gasteiger partial charge is 0.464 e. The average Bonchev–Trinajstić information content (AvgIpc) is 2.68. The molecule has 0 N–H and O–H groups in total. The fraction of sp³-hybridized carbons (Fsp3) is 0.467. The van der Waals surface area contributed by atoms with Crippen LogP contribution in [0.4, 0.5) is 0 Å². The molecule has 0 aliphatic heterocycles. The van der Waals surface area contributed by atoms with E-state index in [-0.39, 0.29) is 0 Å². The standard InChI is InChI=1S/C15H18O/c1-10(2)14-9-16-15-8-12-6-4-3-5-11(12)7-13(14)15/h7-10H,3-6H2,1-2H3. The summed E-state index contributed by atoms with van der Waals surface area (Å²) in [6.07, 6.45) is 7.07. The quantitative estimate of drug-likeness (QED) is 0.684. The van der Waals surface area contributed by atoms with Gasteiger partial charge in [-0.25, -0.2) is 0 Å². The van der Waals surface area contributed by atoms with E-state index < -0.39 is 0 Å². The fourth-order valence-electron chi connectivity index (χ4n) is 2.72. The summed E-state index contributed by atoms with van der Waals surface area (Å²) in [5.41, 5.74) is 5.47. The summed E-state index contributed by atoms with van der Waals surface area (Å²) in [6, 6.07) is 4.62. The van der Waals surface area contributed by atoms with Gasteiger partial charge in [-0.05, 0) is 54.9 Å². The number of hydrogen-bond acceptors (Lipinski definition) is 1. The van der Waals surface area contributed by atoms with Gasteiger partial charge in [-0.3, -0.25) is 0 Å². The van der Waals surface area contributed by atoms with Gasteiger partial charge in [0, 0.05) is 10.9 Å². The molecule has 3 rings (SSSR count). The third kappa shape index (κ3) is 1.46. The van der Waals surface area contributed by atoms with Crippen LogP contribution in [0.2, 0.25) is 0 Å². The van der Waals surface area contributed by atoms with Crippen molar-refractivity contribution in [2.24, 2.45) is 0 Å². The minimum absolute atomic E-state index is 0.544. The molecule has 1 aromatic heterocycles. The number of aryl methyl sites for hydroxylation is 2. The lowest BCUT2D eigenvalue weighted by Gasteiger charge is -2.15. The van der Waals surface area contributed by atoms with E-state index in [1.54, 1.807) is 5.56 Å². The second-order valence-electron chi connectivity index (χ2n) is 5.17. The molecule has 84 valence electrons. The lowest BCUT2D eigenvalue weighted by molar-refractivity contribution is 0.604. The van der Waals surface area contributed by atoms with Gasteiger partial charge in [-0.2, -0.15) is 0 Å². The number of rotatable bonds is 1. The lowest BCUT2D eigenvalue weighted by Crippen LogP contribution is -2.02. The van der Waals surface area contributed by atoms with Gasteiger partial charge < -0.3 is 4.42 Å². The Morgan fingerprint density at radius 3 is 2.44 bits per heavy atom. The van der Waals surface area contributed by atoms with Crippen LogP contribution in [0.25, 0.3) is 11.0 Å². The van der Waals surface area contributed by atoms with Crippen molar-refractivity contribution < 1.29 is 4.42 Å². The molecule has 0 amide bonds. The highest BCUT2D eigenvalue weighted by atomic mass is 16.3. The van der Waals surface area contributed by atoms with Crippen LogP contribution in [-0.4, -0.2) is 0 Å². The van der Waals surface area contributed by atoms with Crippen LogP contribution in [0.15, 0.2) is 22.8 Å². The van der Waals surface area contributed by atoms with Crippen molar-refractivity contribution in [2.45, 2.75) is 45.4 Å². The van der Waals surface area contributed by atoms with Crippen molar-refractivity contribution in [1.82, 2.24) is 0 Å². The molecule has 1 heterocycles. The molecule has 0 spiro atoms. The Balaban J connectivity index is 2.22. The minimum Gasteiger partial charge on any atom is -0.464 e. The van der Waals surface area contributed by atoms with Crippen LogP contribution in [0.5, 0.6) is 0 Å². The van der Waals surface area contributed by atoms with E-state index in [1.165, 1.54) is 42.2 Å². The van der Waals surface area contributed by atoms with Crippen LogP contribution in [0.3, 0.4) is 0 Å². The summed E-state index contributed by atoms with van der Waals surface area (Å²) < 4.78 is 5.68. The summed E-state index contributed by atoms with van der Waals surface area (Å²) in [5.74, 6) is 0.544. The first-order valence-corrected chi connectivity index (χ1v) is 6.28. The maximum absolute atomic E-state index is 5.68. The van der Waals surface area contributed by atoms with Crippen molar-refractivity contribution in [3.05, 3.63) is 35.1 Å². The predicted octanol–water partition coefficient (Wildman–Crippen LogP) is 4.44. The Hall–Kier alpha value is -1.24. The van der Waals surface area contributed by atoms with E-state index in [2.05, 4.69) is 26.0 Å². The molecular formula is C15H18O. The number of fused-ring (bicyclic) bond motifs is 2. The van der Waals surface area contributed by atoms with Gasteiger partial charge >= 0.3 is 0 Å². The molecule has 0 saturated carbocycles. The molecular weight excluding hydrogens is 196 g/mol. The van der Waals surface area contributed by atoms with Crippen molar-refractivity contribution in [3.8, 4) is 0 Å². The summed E-state index contributed by atoms with van der Waals surface area (Å²) >= 11 is 0. The minimum atomic E-state index is 0.544.